The van der Waals surface area contributed by atoms with Crippen molar-refractivity contribution in [1.29, 1.82) is 0 Å². The Balaban J connectivity index is 3.52. The highest BCUT2D eigenvalue weighted by atomic mass is 16.6. The fraction of sp³-hybridized carbons (Fsp3) is 0.698. The first-order valence-electron chi connectivity index (χ1n) is 19.5. The molecular weight excluding hydrogens is 580 g/mol. The zero-order chi connectivity index (χ0) is 34.1. The van der Waals surface area contributed by atoms with E-state index in [0.717, 1.165) is 70.6 Å². The summed E-state index contributed by atoms with van der Waals surface area (Å²) in [5.74, 6) is -0.221. The van der Waals surface area contributed by atoms with Crippen molar-refractivity contribution in [2.45, 2.75) is 174 Å². The van der Waals surface area contributed by atoms with Gasteiger partial charge in [0.05, 0.1) is 13.2 Å². The lowest BCUT2D eigenvalue weighted by molar-refractivity contribution is -0.154. The van der Waals surface area contributed by atoms with Crippen molar-refractivity contribution in [2.24, 2.45) is 0 Å². The molecule has 270 valence electrons. The Bertz CT molecular complexity index is 820. The Kier molecular flexibility index (Phi) is 38.2. The molecule has 0 spiro atoms. The normalized spacial score (nSPS) is 13.2. The van der Waals surface area contributed by atoms with Gasteiger partial charge in [-0.15, -0.1) is 0 Å². The third kappa shape index (κ3) is 38.2. The van der Waals surface area contributed by atoms with Crippen molar-refractivity contribution in [3.63, 3.8) is 0 Å². The van der Waals surface area contributed by atoms with E-state index in [1.54, 1.807) is 0 Å². The highest BCUT2D eigenvalue weighted by Gasteiger charge is 2.13. The van der Waals surface area contributed by atoms with Crippen LogP contribution in [0.5, 0.6) is 0 Å². The van der Waals surface area contributed by atoms with Crippen molar-refractivity contribution in [3.05, 3.63) is 72.9 Å². The van der Waals surface area contributed by atoms with Gasteiger partial charge in [-0.05, 0) is 83.5 Å². The molecular formula is C43H74O4. The van der Waals surface area contributed by atoms with Crippen molar-refractivity contribution >= 4 is 5.97 Å². The van der Waals surface area contributed by atoms with E-state index in [9.17, 15) is 9.90 Å². The fourth-order valence-corrected chi connectivity index (χ4v) is 5.11. The van der Waals surface area contributed by atoms with Crippen LogP contribution in [-0.2, 0) is 14.3 Å². The van der Waals surface area contributed by atoms with Crippen molar-refractivity contribution in [2.75, 3.05) is 19.8 Å². The maximum Gasteiger partial charge on any atom is 0.306 e. The number of ether oxygens (including phenoxy) is 2. The topological polar surface area (TPSA) is 55.8 Å². The Labute approximate surface area is 291 Å². The Morgan fingerprint density at radius 1 is 0.532 bits per heavy atom. The van der Waals surface area contributed by atoms with Crippen molar-refractivity contribution < 1.29 is 19.4 Å². The van der Waals surface area contributed by atoms with E-state index in [4.69, 9.17) is 9.47 Å². The molecule has 0 aliphatic carbocycles. The first kappa shape index (κ1) is 44.8. The highest BCUT2D eigenvalue weighted by molar-refractivity contribution is 5.69. The van der Waals surface area contributed by atoms with Crippen LogP contribution in [0.15, 0.2) is 72.9 Å². The van der Waals surface area contributed by atoms with E-state index in [1.807, 2.05) is 0 Å². The average molecular weight is 655 g/mol. The number of unbranched alkanes of at least 4 members (excludes halogenated alkanes) is 15. The number of aliphatic hydroxyl groups is 1. The van der Waals surface area contributed by atoms with Crippen LogP contribution in [0.2, 0.25) is 0 Å². The van der Waals surface area contributed by atoms with Crippen molar-refractivity contribution in [3.8, 4) is 0 Å². The summed E-state index contributed by atoms with van der Waals surface area (Å²) < 4.78 is 11.1. The summed E-state index contributed by atoms with van der Waals surface area (Å²) in [6.45, 7) is 5.15. The van der Waals surface area contributed by atoms with Gasteiger partial charge in [0.15, 0.2) is 0 Å². The van der Waals surface area contributed by atoms with Crippen LogP contribution in [0.25, 0.3) is 0 Å². The van der Waals surface area contributed by atoms with Gasteiger partial charge in [-0.2, -0.15) is 0 Å². The molecule has 0 heterocycles. The van der Waals surface area contributed by atoms with Crippen LogP contribution >= 0.6 is 0 Å². The first-order chi connectivity index (χ1) is 23.2. The van der Waals surface area contributed by atoms with E-state index in [0.29, 0.717) is 13.0 Å². The standard InChI is InChI=1S/C43H74O4/c1-3-5-7-9-11-13-15-17-19-21-22-23-24-26-28-30-32-34-36-38-43(45)47-42(40-44)41-46-39-37-35-33-31-29-27-25-20-18-16-14-12-10-8-6-4-2/h6,8,11-14,17-20,22-23,42,44H,3-5,7,9-10,15-16,21,24-41H2,1-2H3/b8-6-,13-11-,14-12-,19-17-,20-18-,23-22-. The fourth-order valence-electron chi connectivity index (χ4n) is 5.11. The Morgan fingerprint density at radius 2 is 0.957 bits per heavy atom. The number of carbonyl (C=O) groups excluding carboxylic acids is 1. The van der Waals surface area contributed by atoms with Crippen LogP contribution in [0.4, 0.5) is 0 Å². The lowest BCUT2D eigenvalue weighted by Crippen LogP contribution is -2.27. The maximum atomic E-state index is 12.2. The van der Waals surface area contributed by atoms with E-state index < -0.39 is 6.10 Å². The molecule has 0 rings (SSSR count). The molecule has 0 aromatic rings. The molecule has 4 nitrogen and oxygen atoms in total. The molecule has 4 heteroatoms. The minimum absolute atomic E-state index is 0.186. The molecule has 0 saturated carbocycles. The second kappa shape index (κ2) is 40.0. The van der Waals surface area contributed by atoms with Crippen molar-refractivity contribution in [1.82, 2.24) is 0 Å². The van der Waals surface area contributed by atoms with Crippen LogP contribution in [0, 0.1) is 0 Å². The summed E-state index contributed by atoms with van der Waals surface area (Å²) in [5, 5.41) is 9.57. The third-order valence-electron chi connectivity index (χ3n) is 8.02. The van der Waals surface area contributed by atoms with Crippen LogP contribution < -0.4 is 0 Å². The molecule has 1 N–H and O–H groups in total. The summed E-state index contributed by atoms with van der Waals surface area (Å²) in [7, 11) is 0. The molecule has 47 heavy (non-hydrogen) atoms. The number of hydrogen-bond acceptors (Lipinski definition) is 4. The maximum absolute atomic E-state index is 12.2. The number of allylic oxidation sites excluding steroid dienone is 12. The predicted molar refractivity (Wildman–Crippen MR) is 205 cm³/mol. The Morgan fingerprint density at radius 3 is 1.45 bits per heavy atom. The number of rotatable bonds is 35. The van der Waals surface area contributed by atoms with Gasteiger partial charge in [-0.3, -0.25) is 4.79 Å². The first-order valence-corrected chi connectivity index (χ1v) is 19.5. The molecule has 0 saturated heterocycles. The predicted octanol–water partition coefficient (Wildman–Crippen LogP) is 12.6. The van der Waals surface area contributed by atoms with Crippen LogP contribution in [-0.4, -0.2) is 37.0 Å². The number of carbonyl (C=O) groups is 1. The quantitative estimate of drug-likeness (QED) is 0.0420. The van der Waals surface area contributed by atoms with Gasteiger partial charge < -0.3 is 14.6 Å². The average Bonchev–Trinajstić information content (AvgIpc) is 3.08. The van der Waals surface area contributed by atoms with Crippen LogP contribution in [0.3, 0.4) is 0 Å². The molecule has 0 bridgehead atoms. The molecule has 0 aliphatic rings. The van der Waals surface area contributed by atoms with E-state index in [-0.39, 0.29) is 19.2 Å². The van der Waals surface area contributed by atoms with Crippen LogP contribution in [0.1, 0.15) is 168 Å². The van der Waals surface area contributed by atoms with Gasteiger partial charge >= 0.3 is 5.97 Å². The van der Waals surface area contributed by atoms with E-state index in [2.05, 4.69) is 86.8 Å². The largest absolute Gasteiger partial charge is 0.457 e. The van der Waals surface area contributed by atoms with E-state index in [1.165, 1.54) is 77.0 Å². The van der Waals surface area contributed by atoms with Gasteiger partial charge in [-0.25, -0.2) is 0 Å². The summed E-state index contributed by atoms with van der Waals surface area (Å²) in [6, 6.07) is 0. The molecule has 0 amide bonds. The SMILES string of the molecule is CC/C=C\C/C=C\C/C=C\CCCCCCCCOCC(CO)OC(=O)CCCCCCCC/C=C\C/C=C\C/C=C\CCCCC. The minimum Gasteiger partial charge on any atom is -0.457 e. The lowest BCUT2D eigenvalue weighted by Gasteiger charge is -2.15. The highest BCUT2D eigenvalue weighted by Crippen LogP contribution is 2.11. The second-order valence-corrected chi connectivity index (χ2v) is 12.6. The molecule has 0 fully saturated rings. The smallest absolute Gasteiger partial charge is 0.306 e. The molecule has 0 aromatic carbocycles. The number of hydrogen-bond donors (Lipinski definition) is 1. The van der Waals surface area contributed by atoms with E-state index >= 15 is 0 Å². The van der Waals surface area contributed by atoms with Gasteiger partial charge in [0.2, 0.25) is 0 Å². The molecule has 0 radical (unpaired) electrons. The third-order valence-corrected chi connectivity index (χ3v) is 8.02. The Hall–Kier alpha value is -2.17. The summed E-state index contributed by atoms with van der Waals surface area (Å²) in [6.07, 6.45) is 53.7. The number of aliphatic hydroxyl groups excluding tert-OH is 1. The lowest BCUT2D eigenvalue weighted by atomic mass is 10.1. The van der Waals surface area contributed by atoms with Gasteiger partial charge in [0, 0.05) is 13.0 Å². The molecule has 0 aromatic heterocycles. The molecule has 1 unspecified atom stereocenters. The molecule has 1 atom stereocenters. The second-order valence-electron chi connectivity index (χ2n) is 12.6. The number of esters is 1. The minimum atomic E-state index is -0.551. The summed E-state index contributed by atoms with van der Waals surface area (Å²) >= 11 is 0. The monoisotopic (exact) mass is 655 g/mol. The summed E-state index contributed by atoms with van der Waals surface area (Å²) in [4.78, 5) is 12.2. The summed E-state index contributed by atoms with van der Waals surface area (Å²) in [5.41, 5.74) is 0. The van der Waals surface area contributed by atoms with Gasteiger partial charge in [-0.1, -0.05) is 151 Å². The zero-order valence-corrected chi connectivity index (χ0v) is 30.8. The zero-order valence-electron chi connectivity index (χ0n) is 30.8. The van der Waals surface area contributed by atoms with Gasteiger partial charge in [0.25, 0.3) is 0 Å². The van der Waals surface area contributed by atoms with Gasteiger partial charge in [0.1, 0.15) is 6.10 Å². The molecule has 0 aliphatic heterocycles.